The number of hydrogen-bond donors (Lipinski definition) is 2. The molecule has 1 heterocycles. The number of nitrogens with one attached hydrogen (secondary N) is 1. The van der Waals surface area contributed by atoms with Crippen molar-refractivity contribution in [3.05, 3.63) is 54.1 Å². The molecule has 2 aromatic carbocycles. The van der Waals surface area contributed by atoms with E-state index in [0.717, 1.165) is 5.56 Å². The zero-order valence-electron chi connectivity index (χ0n) is 11.4. The van der Waals surface area contributed by atoms with E-state index in [1.807, 2.05) is 30.3 Å². The van der Waals surface area contributed by atoms with Crippen molar-refractivity contribution in [2.75, 3.05) is 12.1 Å². The number of rotatable bonds is 4. The minimum Gasteiger partial charge on any atom is -0.454 e. The van der Waals surface area contributed by atoms with Crippen molar-refractivity contribution in [2.45, 2.75) is 12.5 Å². The summed E-state index contributed by atoms with van der Waals surface area (Å²) in [7, 11) is 0. The van der Waals surface area contributed by atoms with Gasteiger partial charge in [0.15, 0.2) is 11.5 Å². The number of benzene rings is 2. The van der Waals surface area contributed by atoms with Gasteiger partial charge in [-0.2, -0.15) is 0 Å². The van der Waals surface area contributed by atoms with Gasteiger partial charge in [-0.1, -0.05) is 30.3 Å². The van der Waals surface area contributed by atoms with Crippen LogP contribution in [-0.4, -0.2) is 18.7 Å². The monoisotopic (exact) mass is 284 g/mol. The Morgan fingerprint density at radius 1 is 1.14 bits per heavy atom. The highest BCUT2D eigenvalue weighted by atomic mass is 16.7. The average molecular weight is 284 g/mol. The largest absolute Gasteiger partial charge is 0.454 e. The maximum Gasteiger partial charge on any atom is 0.241 e. The van der Waals surface area contributed by atoms with Crippen LogP contribution in [0.3, 0.4) is 0 Å². The van der Waals surface area contributed by atoms with E-state index in [0.29, 0.717) is 23.6 Å². The van der Waals surface area contributed by atoms with Crippen LogP contribution < -0.4 is 20.5 Å². The van der Waals surface area contributed by atoms with E-state index >= 15 is 0 Å². The predicted octanol–water partition coefficient (Wildman–Crippen LogP) is 1.92. The summed E-state index contributed by atoms with van der Waals surface area (Å²) in [6, 6.07) is 14.4. The zero-order valence-corrected chi connectivity index (χ0v) is 11.4. The summed E-state index contributed by atoms with van der Waals surface area (Å²) in [5, 5.41) is 2.79. The maximum atomic E-state index is 12.1. The normalized spacial score (nSPS) is 13.8. The molecule has 108 valence electrons. The minimum atomic E-state index is -0.599. The summed E-state index contributed by atoms with van der Waals surface area (Å²) in [6.45, 7) is 0.209. The molecular weight excluding hydrogens is 268 g/mol. The van der Waals surface area contributed by atoms with Gasteiger partial charge in [0.25, 0.3) is 0 Å². The van der Waals surface area contributed by atoms with Crippen LogP contribution in [0.5, 0.6) is 11.5 Å². The van der Waals surface area contributed by atoms with Crippen LogP contribution in [0, 0.1) is 0 Å². The van der Waals surface area contributed by atoms with E-state index in [-0.39, 0.29) is 12.7 Å². The molecule has 0 unspecified atom stereocenters. The highest BCUT2D eigenvalue weighted by Crippen LogP contribution is 2.34. The fraction of sp³-hybridized carbons (Fsp3) is 0.188. The van der Waals surface area contributed by atoms with E-state index in [9.17, 15) is 4.79 Å². The van der Waals surface area contributed by atoms with Gasteiger partial charge in [0.1, 0.15) is 0 Å². The summed E-state index contributed by atoms with van der Waals surface area (Å²) in [6.07, 6.45) is 0.497. The lowest BCUT2D eigenvalue weighted by Crippen LogP contribution is -2.37. The molecule has 2 aromatic rings. The van der Waals surface area contributed by atoms with Crippen molar-refractivity contribution in [2.24, 2.45) is 5.73 Å². The summed E-state index contributed by atoms with van der Waals surface area (Å²) >= 11 is 0. The number of hydrogen-bond acceptors (Lipinski definition) is 4. The Morgan fingerprint density at radius 2 is 1.90 bits per heavy atom. The first-order chi connectivity index (χ1) is 10.2. The Labute approximate surface area is 122 Å². The lowest BCUT2D eigenvalue weighted by Gasteiger charge is -2.12. The first-order valence-corrected chi connectivity index (χ1v) is 6.72. The molecule has 1 amide bonds. The lowest BCUT2D eigenvalue weighted by atomic mass is 10.1. The van der Waals surface area contributed by atoms with Gasteiger partial charge < -0.3 is 20.5 Å². The van der Waals surface area contributed by atoms with Crippen LogP contribution in [-0.2, 0) is 11.2 Å². The van der Waals surface area contributed by atoms with Gasteiger partial charge in [-0.3, -0.25) is 4.79 Å². The van der Waals surface area contributed by atoms with Crippen molar-refractivity contribution < 1.29 is 14.3 Å². The van der Waals surface area contributed by atoms with Crippen molar-refractivity contribution in [1.29, 1.82) is 0 Å². The number of fused-ring (bicyclic) bond motifs is 1. The van der Waals surface area contributed by atoms with E-state index in [2.05, 4.69) is 5.32 Å². The SMILES string of the molecule is N[C@@H](Cc1ccccc1)C(=O)Nc1ccc2c(c1)OCO2. The molecule has 5 heteroatoms. The molecule has 1 aliphatic rings. The van der Waals surface area contributed by atoms with E-state index in [1.165, 1.54) is 0 Å². The highest BCUT2D eigenvalue weighted by molar-refractivity contribution is 5.95. The van der Waals surface area contributed by atoms with Gasteiger partial charge in [0.2, 0.25) is 12.7 Å². The van der Waals surface area contributed by atoms with Crippen LogP contribution in [0.25, 0.3) is 0 Å². The molecule has 0 bridgehead atoms. The van der Waals surface area contributed by atoms with E-state index in [4.69, 9.17) is 15.2 Å². The zero-order chi connectivity index (χ0) is 14.7. The van der Waals surface area contributed by atoms with Crippen molar-refractivity contribution in [1.82, 2.24) is 0 Å². The second-order valence-corrected chi connectivity index (χ2v) is 4.85. The molecule has 3 rings (SSSR count). The van der Waals surface area contributed by atoms with Crippen LogP contribution in [0.2, 0.25) is 0 Å². The smallest absolute Gasteiger partial charge is 0.241 e. The fourth-order valence-electron chi connectivity index (χ4n) is 2.17. The fourth-order valence-corrected chi connectivity index (χ4v) is 2.17. The first kappa shape index (κ1) is 13.5. The Hall–Kier alpha value is -2.53. The third-order valence-corrected chi connectivity index (χ3v) is 3.28. The third kappa shape index (κ3) is 3.14. The Balaban J connectivity index is 1.63. The predicted molar refractivity (Wildman–Crippen MR) is 79.3 cm³/mol. The minimum absolute atomic E-state index is 0.209. The molecule has 0 aromatic heterocycles. The van der Waals surface area contributed by atoms with Crippen molar-refractivity contribution in [3.63, 3.8) is 0 Å². The number of anilines is 1. The second-order valence-electron chi connectivity index (χ2n) is 4.85. The van der Waals surface area contributed by atoms with Gasteiger partial charge in [-0.15, -0.1) is 0 Å². The highest BCUT2D eigenvalue weighted by Gasteiger charge is 2.17. The Morgan fingerprint density at radius 3 is 2.71 bits per heavy atom. The molecule has 0 saturated carbocycles. The molecule has 3 N–H and O–H groups in total. The standard InChI is InChI=1S/C16H16N2O3/c17-13(8-11-4-2-1-3-5-11)16(19)18-12-6-7-14-15(9-12)21-10-20-14/h1-7,9,13H,8,10,17H2,(H,18,19)/t13-/m0/s1. The molecular formula is C16H16N2O3. The summed E-state index contributed by atoms with van der Waals surface area (Å²) in [5.41, 5.74) is 7.62. The number of ether oxygens (including phenoxy) is 2. The molecule has 21 heavy (non-hydrogen) atoms. The molecule has 1 atom stereocenters. The van der Waals surface area contributed by atoms with Gasteiger partial charge in [-0.05, 0) is 24.1 Å². The molecule has 0 saturated heterocycles. The molecule has 5 nitrogen and oxygen atoms in total. The van der Waals surface area contributed by atoms with E-state index < -0.39 is 6.04 Å². The topological polar surface area (TPSA) is 73.6 Å². The Bertz CT molecular complexity index is 643. The second kappa shape index (κ2) is 5.85. The maximum absolute atomic E-state index is 12.1. The molecule has 0 radical (unpaired) electrons. The van der Waals surface area contributed by atoms with Gasteiger partial charge in [0, 0.05) is 11.8 Å². The van der Waals surface area contributed by atoms with E-state index in [1.54, 1.807) is 18.2 Å². The average Bonchev–Trinajstić information content (AvgIpc) is 2.95. The quantitative estimate of drug-likeness (QED) is 0.899. The summed E-state index contributed by atoms with van der Waals surface area (Å²) < 4.78 is 10.5. The molecule has 0 spiro atoms. The number of carbonyl (C=O) groups excluding carboxylic acids is 1. The van der Waals surface area contributed by atoms with Crippen LogP contribution in [0.1, 0.15) is 5.56 Å². The number of amides is 1. The Kier molecular flexibility index (Phi) is 3.75. The third-order valence-electron chi connectivity index (χ3n) is 3.28. The van der Waals surface area contributed by atoms with Crippen LogP contribution in [0.15, 0.2) is 48.5 Å². The lowest BCUT2D eigenvalue weighted by molar-refractivity contribution is -0.117. The molecule has 1 aliphatic heterocycles. The first-order valence-electron chi connectivity index (χ1n) is 6.72. The van der Waals surface area contributed by atoms with Crippen molar-refractivity contribution in [3.8, 4) is 11.5 Å². The number of carbonyl (C=O) groups is 1. The van der Waals surface area contributed by atoms with Gasteiger partial charge in [0.05, 0.1) is 6.04 Å². The molecule has 0 aliphatic carbocycles. The summed E-state index contributed by atoms with van der Waals surface area (Å²) in [4.78, 5) is 12.1. The number of nitrogens with two attached hydrogens (primary N) is 1. The van der Waals surface area contributed by atoms with Crippen LogP contribution >= 0.6 is 0 Å². The summed E-state index contributed by atoms with van der Waals surface area (Å²) in [5.74, 6) is 1.09. The van der Waals surface area contributed by atoms with Gasteiger partial charge in [-0.25, -0.2) is 0 Å². The van der Waals surface area contributed by atoms with Crippen molar-refractivity contribution >= 4 is 11.6 Å². The van der Waals surface area contributed by atoms with Crippen LogP contribution in [0.4, 0.5) is 5.69 Å². The van der Waals surface area contributed by atoms with Gasteiger partial charge >= 0.3 is 0 Å². The molecule has 0 fully saturated rings.